The number of hydrogen-bond acceptors (Lipinski definition) is 4. The fraction of sp³-hybridized carbons (Fsp3) is 0. The molecular weight excluding hydrogens is 350 g/mol. The van der Waals surface area contributed by atoms with Crippen LogP contribution in [0.4, 0.5) is 11.5 Å². The van der Waals surface area contributed by atoms with Crippen LogP contribution < -0.4 is 5.32 Å². The number of nitrogens with one attached hydrogen (secondary N) is 1. The smallest absolute Gasteiger partial charge is 0.336 e. The molecule has 3 aromatic carbocycles. The number of carbonyl (C=O) groups is 1. The van der Waals surface area contributed by atoms with Gasteiger partial charge >= 0.3 is 5.97 Å². The molecule has 5 nitrogen and oxygen atoms in total. The molecule has 0 saturated carbocycles. The van der Waals surface area contributed by atoms with E-state index >= 15 is 0 Å². The molecule has 0 aliphatic carbocycles. The summed E-state index contributed by atoms with van der Waals surface area (Å²) in [7, 11) is 0. The highest BCUT2D eigenvalue weighted by Crippen LogP contribution is 2.30. The highest BCUT2D eigenvalue weighted by atomic mass is 16.4. The second-order valence-corrected chi connectivity index (χ2v) is 6.16. The molecule has 0 fully saturated rings. The SMILES string of the molecule is C#Cc1cccc(Nc2ncnc3ccc(-c4ccccc4C(=O)O)cc23)c1. The number of rotatable bonds is 4. The summed E-state index contributed by atoms with van der Waals surface area (Å²) in [6, 6.07) is 20.0. The molecule has 2 N–H and O–H groups in total. The summed E-state index contributed by atoms with van der Waals surface area (Å²) in [5.41, 5.74) is 3.99. The van der Waals surface area contributed by atoms with E-state index < -0.39 is 5.97 Å². The van der Waals surface area contributed by atoms with Crippen LogP contribution in [-0.2, 0) is 0 Å². The lowest BCUT2D eigenvalue weighted by Gasteiger charge is -2.11. The molecule has 28 heavy (non-hydrogen) atoms. The third-order valence-electron chi connectivity index (χ3n) is 4.40. The van der Waals surface area contributed by atoms with Gasteiger partial charge in [-0.05, 0) is 47.5 Å². The van der Waals surface area contributed by atoms with Crippen LogP contribution in [0.25, 0.3) is 22.0 Å². The first-order valence-corrected chi connectivity index (χ1v) is 8.57. The minimum Gasteiger partial charge on any atom is -0.478 e. The van der Waals surface area contributed by atoms with E-state index in [2.05, 4.69) is 21.2 Å². The quantitative estimate of drug-likeness (QED) is 0.512. The Morgan fingerprint density at radius 2 is 1.86 bits per heavy atom. The summed E-state index contributed by atoms with van der Waals surface area (Å²) >= 11 is 0. The number of anilines is 2. The Bertz CT molecular complexity index is 1240. The van der Waals surface area contributed by atoms with Crippen molar-refractivity contribution in [2.24, 2.45) is 0 Å². The molecular formula is C23H15N3O2. The van der Waals surface area contributed by atoms with Gasteiger partial charge in [0.2, 0.25) is 0 Å². The van der Waals surface area contributed by atoms with E-state index in [9.17, 15) is 9.90 Å². The zero-order valence-electron chi connectivity index (χ0n) is 14.8. The largest absolute Gasteiger partial charge is 0.478 e. The summed E-state index contributed by atoms with van der Waals surface area (Å²) in [5, 5.41) is 13.5. The van der Waals surface area contributed by atoms with Crippen molar-refractivity contribution in [1.82, 2.24) is 9.97 Å². The highest BCUT2D eigenvalue weighted by molar-refractivity contribution is 5.99. The number of aromatic nitrogens is 2. The normalized spacial score (nSPS) is 10.4. The lowest BCUT2D eigenvalue weighted by Crippen LogP contribution is -2.00. The number of carboxylic acid groups (broad SMARTS) is 1. The van der Waals surface area contributed by atoms with Crippen LogP contribution in [-0.4, -0.2) is 21.0 Å². The van der Waals surface area contributed by atoms with Gasteiger partial charge in [0, 0.05) is 16.6 Å². The number of fused-ring (bicyclic) bond motifs is 1. The van der Waals surface area contributed by atoms with E-state index in [0.717, 1.165) is 27.7 Å². The Morgan fingerprint density at radius 1 is 1.00 bits per heavy atom. The average Bonchev–Trinajstić information content (AvgIpc) is 2.74. The second-order valence-electron chi connectivity index (χ2n) is 6.16. The summed E-state index contributed by atoms with van der Waals surface area (Å²) in [4.78, 5) is 20.2. The maximum absolute atomic E-state index is 11.6. The summed E-state index contributed by atoms with van der Waals surface area (Å²) in [6.07, 6.45) is 6.96. The van der Waals surface area contributed by atoms with E-state index in [1.807, 2.05) is 48.5 Å². The molecule has 1 heterocycles. The number of terminal acetylenes is 1. The zero-order chi connectivity index (χ0) is 19.5. The van der Waals surface area contributed by atoms with Crippen LogP contribution in [0.2, 0.25) is 0 Å². The fourth-order valence-corrected chi connectivity index (χ4v) is 3.07. The van der Waals surface area contributed by atoms with Gasteiger partial charge in [0.25, 0.3) is 0 Å². The van der Waals surface area contributed by atoms with Gasteiger partial charge in [-0.1, -0.05) is 36.3 Å². The van der Waals surface area contributed by atoms with Crippen molar-refractivity contribution < 1.29 is 9.90 Å². The standard InChI is InChI=1S/C23H15N3O2/c1-2-15-6-5-7-17(12-15)26-22-20-13-16(10-11-21(20)24-14-25-22)18-8-3-4-9-19(18)23(27)28/h1,3-14H,(H,27,28)(H,24,25,26). The first kappa shape index (κ1) is 17.3. The summed E-state index contributed by atoms with van der Waals surface area (Å²) < 4.78 is 0. The minimum atomic E-state index is -0.968. The molecule has 0 spiro atoms. The number of carboxylic acids is 1. The molecule has 0 saturated heterocycles. The van der Waals surface area contributed by atoms with Crippen LogP contribution in [0.1, 0.15) is 15.9 Å². The Labute approximate surface area is 161 Å². The first-order valence-electron chi connectivity index (χ1n) is 8.57. The van der Waals surface area contributed by atoms with Crippen LogP contribution in [0.15, 0.2) is 73.1 Å². The lowest BCUT2D eigenvalue weighted by molar-refractivity contribution is 0.0697. The molecule has 5 heteroatoms. The third-order valence-corrected chi connectivity index (χ3v) is 4.40. The molecule has 0 radical (unpaired) electrons. The Balaban J connectivity index is 1.83. The first-order chi connectivity index (χ1) is 13.7. The Hall–Kier alpha value is -4.17. The van der Waals surface area contributed by atoms with E-state index in [0.29, 0.717) is 11.4 Å². The van der Waals surface area contributed by atoms with Gasteiger partial charge in [0.05, 0.1) is 11.1 Å². The highest BCUT2D eigenvalue weighted by Gasteiger charge is 2.13. The second kappa shape index (κ2) is 7.22. The molecule has 4 aromatic rings. The number of hydrogen-bond donors (Lipinski definition) is 2. The Kier molecular flexibility index (Phi) is 4.45. The Morgan fingerprint density at radius 3 is 2.68 bits per heavy atom. The topological polar surface area (TPSA) is 75.1 Å². The van der Waals surface area contributed by atoms with Crippen LogP contribution >= 0.6 is 0 Å². The third kappa shape index (κ3) is 3.27. The number of nitrogens with zero attached hydrogens (tertiary/aromatic N) is 2. The number of benzene rings is 3. The monoisotopic (exact) mass is 365 g/mol. The molecule has 4 rings (SSSR count). The van der Waals surface area contributed by atoms with Crippen molar-refractivity contribution >= 4 is 28.4 Å². The van der Waals surface area contributed by atoms with Crippen molar-refractivity contribution in [2.75, 3.05) is 5.32 Å². The minimum absolute atomic E-state index is 0.245. The van der Waals surface area contributed by atoms with E-state index in [1.165, 1.54) is 6.33 Å². The van der Waals surface area contributed by atoms with Gasteiger partial charge in [-0.15, -0.1) is 6.42 Å². The van der Waals surface area contributed by atoms with Crippen molar-refractivity contribution in [3.05, 3.63) is 84.2 Å². The lowest BCUT2D eigenvalue weighted by atomic mass is 9.98. The average molecular weight is 365 g/mol. The summed E-state index contributed by atoms with van der Waals surface area (Å²) in [6.45, 7) is 0. The fourth-order valence-electron chi connectivity index (χ4n) is 3.07. The van der Waals surface area contributed by atoms with Gasteiger partial charge in [-0.3, -0.25) is 0 Å². The van der Waals surface area contributed by atoms with E-state index in [4.69, 9.17) is 6.42 Å². The van der Waals surface area contributed by atoms with Gasteiger partial charge in [-0.2, -0.15) is 0 Å². The molecule has 0 amide bonds. The molecule has 134 valence electrons. The van der Waals surface area contributed by atoms with Gasteiger partial charge < -0.3 is 10.4 Å². The van der Waals surface area contributed by atoms with Crippen molar-refractivity contribution in [2.45, 2.75) is 0 Å². The predicted octanol–water partition coefficient (Wildman–Crippen LogP) is 4.72. The molecule has 1 aromatic heterocycles. The van der Waals surface area contributed by atoms with Crippen molar-refractivity contribution in [1.29, 1.82) is 0 Å². The molecule has 0 unspecified atom stereocenters. The molecule has 0 aliphatic rings. The maximum Gasteiger partial charge on any atom is 0.336 e. The van der Waals surface area contributed by atoms with Crippen LogP contribution in [0.5, 0.6) is 0 Å². The van der Waals surface area contributed by atoms with E-state index in [-0.39, 0.29) is 5.56 Å². The number of aromatic carboxylic acids is 1. The zero-order valence-corrected chi connectivity index (χ0v) is 14.8. The predicted molar refractivity (Wildman–Crippen MR) is 110 cm³/mol. The molecule has 0 atom stereocenters. The van der Waals surface area contributed by atoms with Gasteiger partial charge in [0.15, 0.2) is 0 Å². The maximum atomic E-state index is 11.6. The van der Waals surface area contributed by atoms with Gasteiger partial charge in [-0.25, -0.2) is 14.8 Å². The van der Waals surface area contributed by atoms with Gasteiger partial charge in [0.1, 0.15) is 12.1 Å². The van der Waals surface area contributed by atoms with Crippen LogP contribution in [0.3, 0.4) is 0 Å². The van der Waals surface area contributed by atoms with Crippen molar-refractivity contribution in [3.63, 3.8) is 0 Å². The molecule has 0 bridgehead atoms. The van der Waals surface area contributed by atoms with E-state index in [1.54, 1.807) is 18.2 Å². The van der Waals surface area contributed by atoms with Crippen LogP contribution in [0, 0.1) is 12.3 Å². The van der Waals surface area contributed by atoms with Crippen molar-refractivity contribution in [3.8, 4) is 23.5 Å². The summed E-state index contributed by atoms with van der Waals surface area (Å²) in [5.74, 6) is 2.26. The molecule has 0 aliphatic heterocycles.